The molecule has 0 unspecified atom stereocenters. The van der Waals surface area contributed by atoms with Gasteiger partial charge in [-0.2, -0.15) is 0 Å². The summed E-state index contributed by atoms with van der Waals surface area (Å²) >= 11 is 0. The van der Waals surface area contributed by atoms with Crippen molar-refractivity contribution in [2.75, 3.05) is 26.3 Å². The number of rotatable bonds is 2. The molecule has 0 N–H and O–H groups in total. The van der Waals surface area contributed by atoms with Crippen LogP contribution in [0, 0.1) is 0 Å². The maximum Gasteiger partial charge on any atom is 0.0594 e. The van der Waals surface area contributed by atoms with Crippen LogP contribution in [0.4, 0.5) is 0 Å². The van der Waals surface area contributed by atoms with Crippen LogP contribution >= 0.6 is 0 Å². The van der Waals surface area contributed by atoms with Crippen molar-refractivity contribution >= 4 is 0 Å². The highest BCUT2D eigenvalue weighted by atomic mass is 16.5. The third-order valence-corrected chi connectivity index (χ3v) is 4.26. The van der Waals surface area contributed by atoms with E-state index in [0.29, 0.717) is 0 Å². The van der Waals surface area contributed by atoms with Crippen molar-refractivity contribution < 1.29 is 4.74 Å². The van der Waals surface area contributed by atoms with E-state index in [2.05, 4.69) is 63.8 Å². The Bertz CT molecular complexity index is 408. The minimum atomic E-state index is 0.0835. The van der Waals surface area contributed by atoms with E-state index in [1.807, 2.05) is 0 Å². The van der Waals surface area contributed by atoms with E-state index < -0.39 is 0 Å². The lowest BCUT2D eigenvalue weighted by Crippen LogP contribution is -2.47. The molecule has 0 aliphatic carbocycles. The number of ether oxygens (including phenoxy) is 1. The summed E-state index contributed by atoms with van der Waals surface area (Å²) in [5.74, 6) is 0. The molecule has 19 heavy (non-hydrogen) atoms. The third-order valence-electron chi connectivity index (χ3n) is 4.26. The lowest BCUT2D eigenvalue weighted by Gasteiger charge is -2.41. The Morgan fingerprint density at radius 1 is 0.842 bits per heavy atom. The lowest BCUT2D eigenvalue weighted by molar-refractivity contribution is -0.0118. The van der Waals surface area contributed by atoms with E-state index >= 15 is 0 Å². The van der Waals surface area contributed by atoms with Gasteiger partial charge in [0.1, 0.15) is 0 Å². The molecule has 1 aliphatic heterocycles. The molecule has 1 heterocycles. The summed E-state index contributed by atoms with van der Waals surface area (Å²) in [4.78, 5) is 2.52. The van der Waals surface area contributed by atoms with E-state index in [1.54, 1.807) is 0 Å². The van der Waals surface area contributed by atoms with Gasteiger partial charge in [0.05, 0.1) is 13.2 Å². The summed E-state index contributed by atoms with van der Waals surface area (Å²) in [6.07, 6.45) is 0. The van der Waals surface area contributed by atoms with E-state index in [4.69, 9.17) is 4.74 Å². The van der Waals surface area contributed by atoms with Crippen LogP contribution in [0.2, 0.25) is 0 Å². The van der Waals surface area contributed by atoms with Crippen molar-refractivity contribution in [2.45, 2.75) is 45.6 Å². The van der Waals surface area contributed by atoms with Crippen molar-refractivity contribution in [1.29, 1.82) is 0 Å². The Hall–Kier alpha value is -0.860. The molecule has 0 spiro atoms. The molecule has 1 aromatic carbocycles. The second-order valence-electron chi connectivity index (χ2n) is 6.99. The zero-order valence-corrected chi connectivity index (χ0v) is 13.0. The van der Waals surface area contributed by atoms with Crippen LogP contribution in [-0.2, 0) is 15.7 Å². The van der Waals surface area contributed by atoms with E-state index in [0.717, 1.165) is 26.3 Å². The van der Waals surface area contributed by atoms with Gasteiger partial charge in [-0.25, -0.2) is 0 Å². The van der Waals surface area contributed by atoms with Crippen LogP contribution < -0.4 is 0 Å². The molecular formula is C17H27NO. The molecule has 0 radical (unpaired) electrons. The number of nitrogens with zero attached hydrogens (tertiary/aromatic N) is 1. The van der Waals surface area contributed by atoms with Gasteiger partial charge in [-0.1, -0.05) is 45.0 Å². The molecule has 2 nitrogen and oxygen atoms in total. The minimum Gasteiger partial charge on any atom is -0.379 e. The van der Waals surface area contributed by atoms with E-state index in [1.165, 1.54) is 11.1 Å². The zero-order chi connectivity index (χ0) is 14.1. The van der Waals surface area contributed by atoms with Crippen LogP contribution in [0.3, 0.4) is 0 Å². The van der Waals surface area contributed by atoms with Crippen molar-refractivity contribution in [2.24, 2.45) is 0 Å². The van der Waals surface area contributed by atoms with Gasteiger partial charge in [-0.15, -0.1) is 0 Å². The second kappa shape index (κ2) is 5.26. The molecule has 1 aliphatic rings. The predicted molar refractivity (Wildman–Crippen MR) is 80.6 cm³/mol. The van der Waals surface area contributed by atoms with Crippen LogP contribution in [0.25, 0.3) is 0 Å². The summed E-state index contributed by atoms with van der Waals surface area (Å²) in [6, 6.07) is 9.13. The fourth-order valence-electron chi connectivity index (χ4n) is 2.68. The zero-order valence-electron chi connectivity index (χ0n) is 13.0. The van der Waals surface area contributed by atoms with Gasteiger partial charge in [0, 0.05) is 18.6 Å². The van der Waals surface area contributed by atoms with E-state index in [9.17, 15) is 0 Å². The normalized spacial score (nSPS) is 18.6. The first-order valence-electron chi connectivity index (χ1n) is 7.25. The minimum absolute atomic E-state index is 0.0835. The molecule has 1 aromatic rings. The fourth-order valence-corrected chi connectivity index (χ4v) is 2.68. The number of benzene rings is 1. The quantitative estimate of drug-likeness (QED) is 0.807. The van der Waals surface area contributed by atoms with Gasteiger partial charge in [0.25, 0.3) is 0 Å². The Morgan fingerprint density at radius 2 is 1.32 bits per heavy atom. The van der Waals surface area contributed by atoms with Crippen molar-refractivity contribution in [3.63, 3.8) is 0 Å². The molecule has 0 saturated carbocycles. The molecule has 106 valence electrons. The number of hydrogen-bond donors (Lipinski definition) is 0. The summed E-state index contributed by atoms with van der Waals surface area (Å²) in [7, 11) is 0. The molecular weight excluding hydrogens is 234 g/mol. The Labute approximate surface area is 117 Å². The molecule has 1 saturated heterocycles. The van der Waals surface area contributed by atoms with Crippen molar-refractivity contribution in [3.05, 3.63) is 35.4 Å². The number of morpholine rings is 1. The third kappa shape index (κ3) is 3.18. The van der Waals surface area contributed by atoms with Crippen LogP contribution in [-0.4, -0.2) is 31.2 Å². The molecule has 0 aromatic heterocycles. The van der Waals surface area contributed by atoms with Gasteiger partial charge < -0.3 is 4.74 Å². The highest BCUT2D eigenvalue weighted by Gasteiger charge is 2.30. The van der Waals surface area contributed by atoms with Crippen LogP contribution in [0.5, 0.6) is 0 Å². The first-order chi connectivity index (χ1) is 8.82. The van der Waals surface area contributed by atoms with Gasteiger partial charge in [0.2, 0.25) is 0 Å². The largest absolute Gasteiger partial charge is 0.379 e. The lowest BCUT2D eigenvalue weighted by atomic mass is 9.84. The van der Waals surface area contributed by atoms with Gasteiger partial charge >= 0.3 is 0 Å². The standard InChI is InChI=1S/C17H27NO/c1-16(2,3)14-6-8-15(9-7-14)17(4,5)18-10-12-19-13-11-18/h6-9H,10-13H2,1-5H3. The second-order valence-corrected chi connectivity index (χ2v) is 6.99. The maximum atomic E-state index is 5.45. The topological polar surface area (TPSA) is 12.5 Å². The first kappa shape index (κ1) is 14.5. The predicted octanol–water partition coefficient (Wildman–Crippen LogP) is 3.55. The molecule has 0 amide bonds. The van der Waals surface area contributed by atoms with Crippen molar-refractivity contribution in [3.8, 4) is 0 Å². The van der Waals surface area contributed by atoms with Gasteiger partial charge in [-0.05, 0) is 30.4 Å². The van der Waals surface area contributed by atoms with Gasteiger partial charge in [0.15, 0.2) is 0 Å². The molecule has 2 rings (SSSR count). The monoisotopic (exact) mass is 261 g/mol. The summed E-state index contributed by atoms with van der Waals surface area (Å²) in [5.41, 5.74) is 3.10. The SMILES string of the molecule is CC(C)(C)c1ccc(C(C)(C)N2CCOCC2)cc1. The summed E-state index contributed by atoms with van der Waals surface area (Å²) in [6.45, 7) is 15.1. The van der Waals surface area contributed by atoms with Crippen molar-refractivity contribution in [1.82, 2.24) is 4.90 Å². The Kier molecular flexibility index (Phi) is 4.03. The fraction of sp³-hybridized carbons (Fsp3) is 0.647. The van der Waals surface area contributed by atoms with Crippen LogP contribution in [0.15, 0.2) is 24.3 Å². The highest BCUT2D eigenvalue weighted by molar-refractivity contribution is 5.31. The number of hydrogen-bond acceptors (Lipinski definition) is 2. The Morgan fingerprint density at radius 3 is 1.79 bits per heavy atom. The average Bonchev–Trinajstić information content (AvgIpc) is 2.39. The average molecular weight is 261 g/mol. The molecule has 1 fully saturated rings. The van der Waals surface area contributed by atoms with E-state index in [-0.39, 0.29) is 11.0 Å². The highest BCUT2D eigenvalue weighted by Crippen LogP contribution is 2.30. The molecule has 0 atom stereocenters. The molecule has 0 bridgehead atoms. The summed E-state index contributed by atoms with van der Waals surface area (Å²) < 4.78 is 5.45. The summed E-state index contributed by atoms with van der Waals surface area (Å²) in [5, 5.41) is 0. The Balaban J connectivity index is 2.20. The van der Waals surface area contributed by atoms with Gasteiger partial charge in [-0.3, -0.25) is 4.90 Å². The first-order valence-corrected chi connectivity index (χ1v) is 7.25. The molecule has 2 heteroatoms. The van der Waals surface area contributed by atoms with Crippen LogP contribution in [0.1, 0.15) is 45.7 Å². The smallest absolute Gasteiger partial charge is 0.0594 e. The maximum absolute atomic E-state index is 5.45.